The second-order valence-electron chi connectivity index (χ2n) is 6.54. The highest BCUT2D eigenvalue weighted by molar-refractivity contribution is 5.43. The first kappa shape index (κ1) is 18.1. The van der Waals surface area contributed by atoms with Gasteiger partial charge in [-0.3, -0.25) is 9.47 Å². The third-order valence-corrected chi connectivity index (χ3v) is 4.34. The fourth-order valence-corrected chi connectivity index (χ4v) is 2.56. The van der Waals surface area contributed by atoms with Crippen LogP contribution >= 0.6 is 0 Å². The molecule has 0 saturated heterocycles. The molecule has 1 N–H and O–H groups in total. The second kappa shape index (κ2) is 7.68. The van der Waals surface area contributed by atoms with Gasteiger partial charge in [0.25, 0.3) is 0 Å². The zero-order valence-electron chi connectivity index (χ0n) is 15.5. The smallest absolute Gasteiger partial charge is 0.149 e. The van der Waals surface area contributed by atoms with Crippen LogP contribution in [0, 0.1) is 6.92 Å². The molecule has 2 heterocycles. The highest BCUT2D eigenvalue weighted by atomic mass is 16.5. The van der Waals surface area contributed by atoms with E-state index in [0.29, 0.717) is 11.3 Å². The molecule has 0 saturated carbocycles. The highest BCUT2D eigenvalue weighted by Gasteiger charge is 2.18. The van der Waals surface area contributed by atoms with Crippen molar-refractivity contribution in [1.29, 1.82) is 0 Å². The van der Waals surface area contributed by atoms with Gasteiger partial charge in [0.15, 0.2) is 0 Å². The minimum absolute atomic E-state index is 0.106. The van der Waals surface area contributed by atoms with Gasteiger partial charge < -0.3 is 9.84 Å². The number of hydrogen-bond donors (Lipinski definition) is 1. The Bertz CT molecular complexity index is 845. The molecule has 2 aromatic heterocycles. The first-order valence-corrected chi connectivity index (χ1v) is 8.51. The Kier molecular flexibility index (Phi) is 5.35. The predicted molar refractivity (Wildman–Crippen MR) is 100 cm³/mol. The Balaban J connectivity index is 1.89. The van der Waals surface area contributed by atoms with Crippen LogP contribution in [0.2, 0.25) is 0 Å². The molecule has 6 nitrogen and oxygen atoms in total. The van der Waals surface area contributed by atoms with Crippen molar-refractivity contribution in [2.75, 3.05) is 14.1 Å². The van der Waals surface area contributed by atoms with E-state index < -0.39 is 6.10 Å². The maximum Gasteiger partial charge on any atom is 0.149 e. The molecular formula is C20H24N4O2. The molecule has 136 valence electrons. The quantitative estimate of drug-likeness (QED) is 0.691. The van der Waals surface area contributed by atoms with E-state index in [0.717, 1.165) is 16.9 Å². The summed E-state index contributed by atoms with van der Waals surface area (Å²) < 4.78 is 7.84. The van der Waals surface area contributed by atoms with Crippen molar-refractivity contribution in [3.05, 3.63) is 71.9 Å². The number of aliphatic hydroxyl groups is 1. The van der Waals surface area contributed by atoms with E-state index in [2.05, 4.69) is 9.97 Å². The van der Waals surface area contributed by atoms with Gasteiger partial charge in [-0.2, -0.15) is 0 Å². The summed E-state index contributed by atoms with van der Waals surface area (Å²) in [7, 11) is 3.90. The fraction of sp³-hybridized carbons (Fsp3) is 0.300. The molecule has 26 heavy (non-hydrogen) atoms. The molecule has 0 aliphatic carbocycles. The number of benzene rings is 1. The lowest BCUT2D eigenvalue weighted by Gasteiger charge is -2.24. The number of rotatable bonds is 6. The number of imidazole rings is 1. The molecule has 6 heteroatoms. The van der Waals surface area contributed by atoms with Crippen LogP contribution in [0.5, 0.6) is 5.75 Å². The Morgan fingerprint density at radius 3 is 2.62 bits per heavy atom. The summed E-state index contributed by atoms with van der Waals surface area (Å²) in [6.45, 7) is 3.97. The molecule has 0 bridgehead atoms. The minimum atomic E-state index is -0.816. The molecule has 0 radical (unpaired) electrons. The van der Waals surface area contributed by atoms with Crippen LogP contribution in [-0.4, -0.2) is 44.9 Å². The van der Waals surface area contributed by atoms with Crippen molar-refractivity contribution in [1.82, 2.24) is 19.4 Å². The summed E-state index contributed by atoms with van der Waals surface area (Å²) in [6, 6.07) is 9.56. The van der Waals surface area contributed by atoms with Gasteiger partial charge in [0, 0.05) is 29.7 Å². The Labute approximate surface area is 153 Å². The van der Waals surface area contributed by atoms with Gasteiger partial charge in [-0.25, -0.2) is 9.97 Å². The molecule has 3 aromatic rings. The lowest BCUT2D eigenvalue weighted by molar-refractivity contribution is 0.0776. The van der Waals surface area contributed by atoms with Crippen molar-refractivity contribution in [3.63, 3.8) is 0 Å². The van der Waals surface area contributed by atoms with E-state index in [1.807, 2.05) is 73.9 Å². The predicted octanol–water partition coefficient (Wildman–Crippen LogP) is 2.94. The van der Waals surface area contributed by atoms with Gasteiger partial charge in [-0.05, 0) is 46.1 Å². The van der Waals surface area contributed by atoms with Gasteiger partial charge in [-0.1, -0.05) is 17.7 Å². The molecule has 0 amide bonds. The van der Waals surface area contributed by atoms with Crippen molar-refractivity contribution in [3.8, 4) is 11.6 Å². The van der Waals surface area contributed by atoms with Crippen molar-refractivity contribution < 1.29 is 9.84 Å². The van der Waals surface area contributed by atoms with Gasteiger partial charge in [0.2, 0.25) is 0 Å². The third-order valence-electron chi connectivity index (χ3n) is 4.34. The largest absolute Gasteiger partial charge is 0.475 e. The van der Waals surface area contributed by atoms with E-state index in [1.165, 1.54) is 0 Å². The molecule has 1 aromatic carbocycles. The molecule has 0 aliphatic rings. The Morgan fingerprint density at radius 2 is 2.00 bits per heavy atom. The van der Waals surface area contributed by atoms with Crippen molar-refractivity contribution >= 4 is 0 Å². The van der Waals surface area contributed by atoms with Gasteiger partial charge in [0.05, 0.1) is 0 Å². The highest BCUT2D eigenvalue weighted by Crippen LogP contribution is 2.31. The SMILES string of the molecule is Cc1ccc(OC(C)N(C)C)c(C(O)c2ccc(-n3ccnc3)nc2)c1. The summed E-state index contributed by atoms with van der Waals surface area (Å²) in [5.74, 6) is 1.42. The molecule has 0 aliphatic heterocycles. The summed E-state index contributed by atoms with van der Waals surface area (Å²) in [5, 5.41) is 10.9. The van der Waals surface area contributed by atoms with Crippen LogP contribution in [0.3, 0.4) is 0 Å². The van der Waals surface area contributed by atoms with Gasteiger partial charge in [-0.15, -0.1) is 0 Å². The summed E-state index contributed by atoms with van der Waals surface area (Å²) in [5.41, 5.74) is 2.50. The van der Waals surface area contributed by atoms with Gasteiger partial charge >= 0.3 is 0 Å². The van der Waals surface area contributed by atoms with Crippen LogP contribution < -0.4 is 4.74 Å². The number of pyridine rings is 1. The first-order chi connectivity index (χ1) is 12.5. The van der Waals surface area contributed by atoms with E-state index in [-0.39, 0.29) is 6.23 Å². The maximum atomic E-state index is 10.9. The first-order valence-electron chi connectivity index (χ1n) is 8.51. The number of nitrogens with zero attached hydrogens (tertiary/aromatic N) is 4. The standard InChI is InChI=1S/C20H24N4O2/c1-14-5-7-18(26-15(2)23(3)4)17(11-14)20(25)16-6-8-19(22-12-16)24-10-9-21-13-24/h5-13,15,20,25H,1-4H3. The molecule has 3 rings (SSSR count). The number of aromatic nitrogens is 3. The average Bonchev–Trinajstić information content (AvgIpc) is 3.17. The summed E-state index contributed by atoms with van der Waals surface area (Å²) >= 11 is 0. The normalized spacial score (nSPS) is 13.6. The van der Waals surface area contributed by atoms with E-state index in [9.17, 15) is 5.11 Å². The van der Waals surface area contributed by atoms with E-state index >= 15 is 0 Å². The molecular weight excluding hydrogens is 328 g/mol. The second-order valence-corrected chi connectivity index (χ2v) is 6.54. The molecule has 0 fully saturated rings. The Hall–Kier alpha value is -2.70. The molecule has 0 spiro atoms. The monoisotopic (exact) mass is 352 g/mol. The van der Waals surface area contributed by atoms with Crippen molar-refractivity contribution in [2.45, 2.75) is 26.2 Å². The summed E-state index contributed by atoms with van der Waals surface area (Å²) in [4.78, 5) is 10.4. The minimum Gasteiger partial charge on any atom is -0.475 e. The fourth-order valence-electron chi connectivity index (χ4n) is 2.56. The number of ether oxygens (including phenoxy) is 1. The van der Waals surface area contributed by atoms with Crippen LogP contribution in [-0.2, 0) is 0 Å². The lowest BCUT2D eigenvalue weighted by Crippen LogP contribution is -2.30. The van der Waals surface area contributed by atoms with Crippen LogP contribution in [0.25, 0.3) is 5.82 Å². The van der Waals surface area contributed by atoms with E-state index in [4.69, 9.17) is 4.74 Å². The zero-order chi connectivity index (χ0) is 18.7. The number of aryl methyl sites for hydroxylation is 1. The van der Waals surface area contributed by atoms with Crippen LogP contribution in [0.15, 0.2) is 55.2 Å². The number of hydrogen-bond acceptors (Lipinski definition) is 5. The average molecular weight is 352 g/mol. The van der Waals surface area contributed by atoms with E-state index in [1.54, 1.807) is 18.7 Å². The summed E-state index contributed by atoms with van der Waals surface area (Å²) in [6.07, 6.45) is 5.98. The topological polar surface area (TPSA) is 63.4 Å². The van der Waals surface area contributed by atoms with Crippen LogP contribution in [0.1, 0.15) is 29.7 Å². The third kappa shape index (κ3) is 3.92. The Morgan fingerprint density at radius 1 is 1.19 bits per heavy atom. The van der Waals surface area contributed by atoms with Gasteiger partial charge in [0.1, 0.15) is 30.2 Å². The number of aliphatic hydroxyl groups excluding tert-OH is 1. The lowest BCUT2D eigenvalue weighted by atomic mass is 10.00. The molecule has 2 unspecified atom stereocenters. The molecule has 2 atom stereocenters. The maximum absolute atomic E-state index is 10.9. The van der Waals surface area contributed by atoms with Crippen molar-refractivity contribution in [2.24, 2.45) is 0 Å². The zero-order valence-corrected chi connectivity index (χ0v) is 15.5. The van der Waals surface area contributed by atoms with Crippen LogP contribution in [0.4, 0.5) is 0 Å².